The summed E-state index contributed by atoms with van der Waals surface area (Å²) in [6, 6.07) is 0. The molecule has 1 heterocycles. The van der Waals surface area contributed by atoms with Crippen LogP contribution >= 0.6 is 0 Å². The number of hydrogen-bond acceptors (Lipinski definition) is 3. The van der Waals surface area contributed by atoms with E-state index in [0.717, 1.165) is 18.9 Å². The third kappa shape index (κ3) is 2.26. The fourth-order valence-electron chi connectivity index (χ4n) is 0.964. The highest BCUT2D eigenvalue weighted by Gasteiger charge is 2.21. The molecular weight excluding hydrogens is 140 g/mol. The smallest absolute Gasteiger partial charge is 0.156 e. The van der Waals surface area contributed by atoms with Gasteiger partial charge in [0.15, 0.2) is 5.78 Å². The predicted octanol–water partition coefficient (Wildman–Crippen LogP) is 0.294. The van der Waals surface area contributed by atoms with Gasteiger partial charge in [0.2, 0.25) is 0 Å². The number of carbonyl (C=O) groups excluding carboxylic acids is 1. The monoisotopic (exact) mass is 154 g/mol. The molecule has 0 amide bonds. The van der Waals surface area contributed by atoms with Crippen LogP contribution in [-0.4, -0.2) is 42.8 Å². The summed E-state index contributed by atoms with van der Waals surface area (Å²) in [5.74, 6) is 1.14. The summed E-state index contributed by atoms with van der Waals surface area (Å²) in [7, 11) is 3.90. The summed E-state index contributed by atoms with van der Waals surface area (Å²) in [6.45, 7) is 3.74. The molecule has 0 N–H and O–H groups in total. The average Bonchev–Trinajstić information content (AvgIpc) is 2.63. The number of rotatable bonds is 3. The van der Waals surface area contributed by atoms with Gasteiger partial charge in [-0.1, -0.05) is 0 Å². The van der Waals surface area contributed by atoms with Crippen LogP contribution in [-0.2, 0) is 4.79 Å². The topological polar surface area (TPSA) is 23.3 Å². The van der Waals surface area contributed by atoms with Crippen LogP contribution in [0.25, 0.3) is 0 Å². The van der Waals surface area contributed by atoms with E-state index in [0.29, 0.717) is 0 Å². The Balaban J connectivity index is 2.65. The zero-order chi connectivity index (χ0) is 8.43. The fourth-order valence-corrected chi connectivity index (χ4v) is 0.964. The van der Waals surface area contributed by atoms with Crippen molar-refractivity contribution in [1.82, 2.24) is 9.80 Å². The lowest BCUT2D eigenvalue weighted by Gasteiger charge is -2.17. The molecule has 0 atom stereocenters. The van der Waals surface area contributed by atoms with Gasteiger partial charge in [0, 0.05) is 33.3 Å². The molecule has 0 aromatic carbocycles. The first-order valence-corrected chi connectivity index (χ1v) is 3.76. The maximum absolute atomic E-state index is 10.8. The molecule has 11 heavy (non-hydrogen) atoms. The molecule has 0 unspecified atom stereocenters. The molecule has 0 bridgehead atoms. The van der Waals surface area contributed by atoms with E-state index in [-0.39, 0.29) is 5.78 Å². The normalized spacial score (nSPS) is 16.6. The van der Waals surface area contributed by atoms with Gasteiger partial charge in [0.1, 0.15) is 5.82 Å². The average molecular weight is 154 g/mol. The minimum absolute atomic E-state index is 0.112. The Morgan fingerprint density at radius 2 is 2.00 bits per heavy atom. The van der Waals surface area contributed by atoms with Crippen molar-refractivity contribution in [2.45, 2.75) is 6.92 Å². The van der Waals surface area contributed by atoms with Crippen molar-refractivity contribution in [3.63, 3.8) is 0 Å². The van der Waals surface area contributed by atoms with Crippen LogP contribution in [0.4, 0.5) is 0 Å². The molecule has 1 aliphatic heterocycles. The maximum atomic E-state index is 10.8. The summed E-state index contributed by atoms with van der Waals surface area (Å²) in [5.41, 5.74) is 0. The lowest BCUT2D eigenvalue weighted by molar-refractivity contribution is -0.112. The van der Waals surface area contributed by atoms with Crippen LogP contribution in [0.3, 0.4) is 0 Å². The molecule has 0 aromatic heterocycles. The highest BCUT2D eigenvalue weighted by molar-refractivity contribution is 5.87. The Hall–Kier alpha value is -0.990. The quantitative estimate of drug-likeness (QED) is 0.431. The van der Waals surface area contributed by atoms with E-state index in [4.69, 9.17) is 0 Å². The van der Waals surface area contributed by atoms with Gasteiger partial charge in [0.05, 0.1) is 0 Å². The third-order valence-corrected chi connectivity index (χ3v) is 1.56. The molecule has 62 valence electrons. The van der Waals surface area contributed by atoms with Crippen LogP contribution in [0, 0.1) is 0 Å². The molecule has 0 aromatic rings. The predicted molar refractivity (Wildman–Crippen MR) is 44.0 cm³/mol. The zero-order valence-electron chi connectivity index (χ0n) is 7.29. The first kappa shape index (κ1) is 8.11. The zero-order valence-corrected chi connectivity index (χ0v) is 7.29. The Morgan fingerprint density at radius 1 is 1.45 bits per heavy atom. The number of carbonyl (C=O) groups is 1. The summed E-state index contributed by atoms with van der Waals surface area (Å²) in [6.07, 6.45) is 1.67. The third-order valence-electron chi connectivity index (χ3n) is 1.56. The Kier molecular flexibility index (Phi) is 2.17. The summed E-state index contributed by atoms with van der Waals surface area (Å²) < 4.78 is 0. The van der Waals surface area contributed by atoms with E-state index >= 15 is 0 Å². The van der Waals surface area contributed by atoms with E-state index in [9.17, 15) is 4.79 Å². The first-order valence-electron chi connectivity index (χ1n) is 3.76. The van der Waals surface area contributed by atoms with E-state index in [1.54, 1.807) is 13.0 Å². The van der Waals surface area contributed by atoms with Gasteiger partial charge in [-0.15, -0.1) is 0 Å². The van der Waals surface area contributed by atoms with Crippen LogP contribution in [0.2, 0.25) is 0 Å². The van der Waals surface area contributed by atoms with Crippen molar-refractivity contribution in [2.75, 3.05) is 27.2 Å². The van der Waals surface area contributed by atoms with E-state index in [1.165, 1.54) is 0 Å². The van der Waals surface area contributed by atoms with Gasteiger partial charge in [0.25, 0.3) is 0 Å². The Labute approximate surface area is 67.3 Å². The molecule has 0 radical (unpaired) electrons. The van der Waals surface area contributed by atoms with Crippen molar-refractivity contribution in [2.24, 2.45) is 0 Å². The second-order valence-electron chi connectivity index (χ2n) is 2.99. The summed E-state index contributed by atoms with van der Waals surface area (Å²) >= 11 is 0. The molecule has 1 rings (SSSR count). The van der Waals surface area contributed by atoms with E-state index < -0.39 is 0 Å². The first-order chi connectivity index (χ1) is 5.11. The molecule has 3 nitrogen and oxygen atoms in total. The highest BCUT2D eigenvalue weighted by atomic mass is 16.1. The highest BCUT2D eigenvalue weighted by Crippen LogP contribution is 2.15. The van der Waals surface area contributed by atoms with E-state index in [2.05, 4.69) is 4.90 Å². The minimum Gasteiger partial charge on any atom is -0.364 e. The largest absolute Gasteiger partial charge is 0.364 e. The van der Waals surface area contributed by atoms with Crippen LogP contribution in [0.15, 0.2) is 11.9 Å². The van der Waals surface area contributed by atoms with Gasteiger partial charge in [-0.2, -0.15) is 0 Å². The summed E-state index contributed by atoms with van der Waals surface area (Å²) in [5, 5.41) is 0. The van der Waals surface area contributed by atoms with Crippen LogP contribution in [0.1, 0.15) is 6.92 Å². The number of ketones is 1. The molecule has 0 aliphatic carbocycles. The SMILES string of the molecule is CC(=O)C=C(N(C)C)N1CC1. The van der Waals surface area contributed by atoms with E-state index in [1.807, 2.05) is 19.0 Å². The number of nitrogens with zero attached hydrogens (tertiary/aromatic N) is 2. The van der Waals surface area contributed by atoms with Gasteiger partial charge in [-0.3, -0.25) is 4.79 Å². The van der Waals surface area contributed by atoms with Crippen molar-refractivity contribution in [3.05, 3.63) is 11.9 Å². The van der Waals surface area contributed by atoms with Crippen LogP contribution < -0.4 is 0 Å². The maximum Gasteiger partial charge on any atom is 0.156 e. The lowest BCUT2D eigenvalue weighted by atomic mass is 10.4. The number of allylic oxidation sites excluding steroid dienone is 1. The van der Waals surface area contributed by atoms with Crippen molar-refractivity contribution < 1.29 is 4.79 Å². The molecule has 3 heteroatoms. The second-order valence-corrected chi connectivity index (χ2v) is 2.99. The standard InChI is InChI=1S/C8H14N2O/c1-7(11)6-8(9(2)3)10-4-5-10/h6H,4-5H2,1-3H3. The van der Waals surface area contributed by atoms with Gasteiger partial charge in [-0.25, -0.2) is 0 Å². The molecule has 1 aliphatic rings. The molecule has 0 saturated carbocycles. The minimum atomic E-state index is 0.112. The fraction of sp³-hybridized carbons (Fsp3) is 0.625. The van der Waals surface area contributed by atoms with Crippen molar-refractivity contribution in [1.29, 1.82) is 0 Å². The van der Waals surface area contributed by atoms with Crippen LogP contribution in [0.5, 0.6) is 0 Å². The van der Waals surface area contributed by atoms with Gasteiger partial charge in [-0.05, 0) is 6.92 Å². The summed E-state index contributed by atoms with van der Waals surface area (Å²) in [4.78, 5) is 14.9. The van der Waals surface area contributed by atoms with Crippen molar-refractivity contribution >= 4 is 5.78 Å². The Morgan fingerprint density at radius 3 is 2.27 bits per heavy atom. The Bertz CT molecular complexity index is 188. The van der Waals surface area contributed by atoms with Crippen molar-refractivity contribution in [3.8, 4) is 0 Å². The number of hydrogen-bond donors (Lipinski definition) is 0. The molecule has 1 fully saturated rings. The van der Waals surface area contributed by atoms with Gasteiger partial charge < -0.3 is 9.80 Å². The van der Waals surface area contributed by atoms with Gasteiger partial charge >= 0.3 is 0 Å². The molecular formula is C8H14N2O. The lowest BCUT2D eigenvalue weighted by Crippen LogP contribution is -2.18. The second kappa shape index (κ2) is 2.95. The molecule has 1 saturated heterocycles. The molecule has 0 spiro atoms.